The molecule has 2 aromatic carbocycles. The number of phenolic OH excluding ortho intramolecular Hbond substituents is 2. The minimum atomic E-state index is -1.82. The molecule has 0 spiro atoms. The van der Waals surface area contributed by atoms with Gasteiger partial charge in [0.2, 0.25) is 23.2 Å². The van der Waals surface area contributed by atoms with Gasteiger partial charge in [0.1, 0.15) is 47.4 Å². The molecule has 49 heavy (non-hydrogen) atoms. The van der Waals surface area contributed by atoms with Crippen molar-refractivity contribution < 1.29 is 78.5 Å². The predicted octanol–water partition coefficient (Wildman–Crippen LogP) is 0.00140. The zero-order valence-electron chi connectivity index (χ0n) is 26.7. The highest BCUT2D eigenvalue weighted by Crippen LogP contribution is 2.45. The molecular formula is C32H38O17. The van der Waals surface area contributed by atoms with Gasteiger partial charge in [-0.25, -0.2) is 0 Å². The molecule has 0 amide bonds. The fraction of sp³-hybridized carbons (Fsp3) is 0.500. The number of hydrogen-bond acceptors (Lipinski definition) is 17. The van der Waals surface area contributed by atoms with Crippen LogP contribution in [0, 0.1) is 0 Å². The van der Waals surface area contributed by atoms with Gasteiger partial charge < -0.3 is 78.5 Å². The first kappa shape index (κ1) is 36.1. The summed E-state index contributed by atoms with van der Waals surface area (Å²) in [4.78, 5) is 25.0. The number of phenols is 2. The number of aromatic hydroxyl groups is 3. The maximum atomic E-state index is 13.3. The number of ether oxygens (including phenoxy) is 6. The van der Waals surface area contributed by atoms with E-state index in [2.05, 4.69) is 0 Å². The standard InChI is InChI=1S/C32H38O17/c1-11(33)5-8-16-21(37)24(40)30(49-31-26(42)23(39)20(36)12(2)45-31)32(46-16)47-18-10-15(35)19-22(38)25(41)27(48-29(19)28(18)44-4)13-6-7-14(34)17(9-13)43-3/h6-7,9-10,12,16,20-21,23-24,26,30-32,34-37,39-42H,5,8H2,1-4H3/t12-,16+,20-,21+,23+,24-,26+,30+,31-,32-/m0/s1. The van der Waals surface area contributed by atoms with Crippen molar-refractivity contribution in [1.82, 2.24) is 0 Å². The molecular weight excluding hydrogens is 656 g/mol. The van der Waals surface area contributed by atoms with Crippen molar-refractivity contribution in [3.05, 3.63) is 34.5 Å². The highest BCUT2D eigenvalue weighted by Gasteiger charge is 2.51. The van der Waals surface area contributed by atoms with Crippen LogP contribution in [0.5, 0.6) is 34.5 Å². The van der Waals surface area contributed by atoms with E-state index in [0.717, 1.165) is 6.07 Å². The number of fused-ring (bicyclic) bond motifs is 1. The molecule has 17 nitrogen and oxygen atoms in total. The number of carbonyl (C=O) groups excluding carboxylic acids is 1. The Kier molecular flexibility index (Phi) is 10.6. The Bertz CT molecular complexity index is 1740. The Labute approximate surface area is 278 Å². The lowest BCUT2D eigenvalue weighted by Crippen LogP contribution is -2.64. The van der Waals surface area contributed by atoms with Gasteiger partial charge in [-0.2, -0.15) is 0 Å². The van der Waals surface area contributed by atoms with Crippen molar-refractivity contribution in [2.24, 2.45) is 0 Å². The Morgan fingerprint density at radius 1 is 0.837 bits per heavy atom. The van der Waals surface area contributed by atoms with E-state index in [1.807, 2.05) is 0 Å². The first-order valence-electron chi connectivity index (χ1n) is 15.2. The minimum absolute atomic E-state index is 0.00408. The van der Waals surface area contributed by atoms with E-state index in [1.165, 1.54) is 46.3 Å². The van der Waals surface area contributed by atoms with Gasteiger partial charge >= 0.3 is 0 Å². The van der Waals surface area contributed by atoms with Crippen LogP contribution in [0.2, 0.25) is 0 Å². The third-order valence-corrected chi connectivity index (χ3v) is 8.46. The topological polar surface area (TPSA) is 264 Å². The zero-order chi connectivity index (χ0) is 35.9. The molecule has 2 aliphatic heterocycles. The molecule has 3 aromatic rings. The Morgan fingerprint density at radius 3 is 2.20 bits per heavy atom. The maximum Gasteiger partial charge on any atom is 0.238 e. The summed E-state index contributed by atoms with van der Waals surface area (Å²) < 4.78 is 39.8. The number of ketones is 1. The van der Waals surface area contributed by atoms with Gasteiger partial charge in [0.25, 0.3) is 0 Å². The van der Waals surface area contributed by atoms with E-state index < -0.39 is 89.3 Å². The molecule has 0 saturated carbocycles. The van der Waals surface area contributed by atoms with Gasteiger partial charge in [0.15, 0.2) is 41.0 Å². The van der Waals surface area contributed by atoms with Gasteiger partial charge in [0.05, 0.1) is 26.4 Å². The predicted molar refractivity (Wildman–Crippen MR) is 164 cm³/mol. The average Bonchev–Trinajstić information content (AvgIpc) is 3.06. The van der Waals surface area contributed by atoms with Crippen LogP contribution in [0.15, 0.2) is 33.5 Å². The molecule has 5 rings (SSSR count). The molecule has 3 heterocycles. The molecule has 2 fully saturated rings. The molecule has 8 N–H and O–H groups in total. The van der Waals surface area contributed by atoms with Gasteiger partial charge in [-0.1, -0.05) is 0 Å². The molecule has 10 atom stereocenters. The summed E-state index contributed by atoms with van der Waals surface area (Å²) in [6, 6.07) is 4.80. The van der Waals surface area contributed by atoms with Gasteiger partial charge in [-0.15, -0.1) is 0 Å². The number of benzene rings is 2. The van der Waals surface area contributed by atoms with E-state index in [9.17, 15) is 50.4 Å². The summed E-state index contributed by atoms with van der Waals surface area (Å²) in [5.74, 6) is -3.13. The largest absolute Gasteiger partial charge is 0.507 e. The molecule has 1 aromatic heterocycles. The molecule has 2 aliphatic rings. The Morgan fingerprint density at radius 2 is 1.55 bits per heavy atom. The van der Waals surface area contributed by atoms with Crippen molar-refractivity contribution in [3.8, 4) is 45.8 Å². The van der Waals surface area contributed by atoms with E-state index in [1.54, 1.807) is 0 Å². The third-order valence-electron chi connectivity index (χ3n) is 8.46. The lowest BCUT2D eigenvalue weighted by atomic mass is 9.94. The second-order valence-corrected chi connectivity index (χ2v) is 11.8. The van der Waals surface area contributed by atoms with Crippen LogP contribution in [-0.2, 0) is 19.0 Å². The molecule has 0 aliphatic carbocycles. The number of carbonyl (C=O) groups is 1. The van der Waals surface area contributed by atoms with Gasteiger partial charge in [-0.05, 0) is 38.5 Å². The minimum Gasteiger partial charge on any atom is -0.507 e. The zero-order valence-corrected chi connectivity index (χ0v) is 26.7. The van der Waals surface area contributed by atoms with Gasteiger partial charge in [0, 0.05) is 18.1 Å². The number of Topliss-reactive ketones (excluding diaryl/α,β-unsaturated/α-hetero) is 1. The van der Waals surface area contributed by atoms with E-state index in [4.69, 9.17) is 32.8 Å². The number of methoxy groups -OCH3 is 2. The van der Waals surface area contributed by atoms with Crippen LogP contribution >= 0.6 is 0 Å². The van der Waals surface area contributed by atoms with Crippen LogP contribution in [0.3, 0.4) is 0 Å². The van der Waals surface area contributed by atoms with Crippen molar-refractivity contribution in [2.75, 3.05) is 14.2 Å². The SMILES string of the molecule is COc1cc(-c2oc3c(OC)c(O[C@@H]4O[C@H](CCC(C)=O)[C@@H](O)[C@H](O)[C@H]4O[C@@H]4O[C@@H](C)[C@H](O)[C@@H](O)[C@H]4O)cc(O)c3c(=O)c2O)ccc1O. The molecule has 0 bridgehead atoms. The lowest BCUT2D eigenvalue weighted by Gasteiger charge is -2.46. The summed E-state index contributed by atoms with van der Waals surface area (Å²) in [7, 11) is 2.47. The lowest BCUT2D eigenvalue weighted by molar-refractivity contribution is -0.353. The summed E-state index contributed by atoms with van der Waals surface area (Å²) >= 11 is 0. The van der Waals surface area contributed by atoms with E-state index in [0.29, 0.717) is 0 Å². The first-order chi connectivity index (χ1) is 23.2. The van der Waals surface area contributed by atoms with E-state index in [-0.39, 0.29) is 52.9 Å². The van der Waals surface area contributed by atoms with Crippen LogP contribution in [0.25, 0.3) is 22.3 Å². The average molecular weight is 695 g/mol. The van der Waals surface area contributed by atoms with E-state index >= 15 is 0 Å². The van der Waals surface area contributed by atoms with Gasteiger partial charge in [-0.3, -0.25) is 4.79 Å². The Hall–Kier alpha value is -4.20. The number of aliphatic hydroxyl groups excluding tert-OH is 5. The number of hydrogen-bond donors (Lipinski definition) is 8. The molecule has 268 valence electrons. The molecule has 0 unspecified atom stereocenters. The summed E-state index contributed by atoms with van der Waals surface area (Å²) in [5, 5.41) is 84.3. The molecule has 0 radical (unpaired) electrons. The Balaban J connectivity index is 1.59. The smallest absolute Gasteiger partial charge is 0.238 e. The van der Waals surface area contributed by atoms with Crippen molar-refractivity contribution in [1.29, 1.82) is 0 Å². The highest BCUT2D eigenvalue weighted by molar-refractivity contribution is 5.93. The monoisotopic (exact) mass is 694 g/mol. The van der Waals surface area contributed by atoms with Crippen LogP contribution in [0.4, 0.5) is 0 Å². The quantitative estimate of drug-likeness (QED) is 0.139. The molecule has 17 heteroatoms. The fourth-order valence-electron chi connectivity index (χ4n) is 5.72. The van der Waals surface area contributed by atoms with Crippen molar-refractivity contribution >= 4 is 16.8 Å². The van der Waals surface area contributed by atoms with Crippen molar-refractivity contribution in [3.63, 3.8) is 0 Å². The van der Waals surface area contributed by atoms with Crippen molar-refractivity contribution in [2.45, 2.75) is 88.1 Å². The second-order valence-electron chi connectivity index (χ2n) is 11.8. The number of rotatable bonds is 10. The van der Waals surface area contributed by atoms with Crippen LogP contribution in [0.1, 0.15) is 26.7 Å². The summed E-state index contributed by atoms with van der Waals surface area (Å²) in [6.45, 7) is 2.73. The summed E-state index contributed by atoms with van der Waals surface area (Å²) in [6.07, 6.45) is -15.8. The third kappa shape index (κ3) is 6.84. The highest BCUT2D eigenvalue weighted by atomic mass is 16.8. The molecule has 2 saturated heterocycles. The van der Waals surface area contributed by atoms with Crippen LogP contribution in [-0.4, -0.2) is 122 Å². The van der Waals surface area contributed by atoms with Crippen LogP contribution < -0.4 is 19.6 Å². The fourth-order valence-corrected chi connectivity index (χ4v) is 5.72. The second kappa shape index (κ2) is 14.3. The maximum absolute atomic E-state index is 13.3. The first-order valence-corrected chi connectivity index (χ1v) is 15.2. The number of aliphatic hydroxyl groups is 5. The normalized spacial score (nSPS) is 30.2. The summed E-state index contributed by atoms with van der Waals surface area (Å²) in [5.41, 5.74) is -1.36.